The Hall–Kier alpha value is -2.59. The monoisotopic (exact) mass is 333 g/mol. The quantitative estimate of drug-likeness (QED) is 0.672. The summed E-state index contributed by atoms with van der Waals surface area (Å²) in [4.78, 5) is 27.5. The Bertz CT molecular complexity index is 923. The fraction of sp³-hybridized carbons (Fsp3) is 0.100. The second-order valence-corrected chi connectivity index (χ2v) is 7.00. The summed E-state index contributed by atoms with van der Waals surface area (Å²) < 4.78 is 0. The van der Waals surface area contributed by atoms with E-state index in [1.54, 1.807) is 0 Å². The molecule has 0 N–H and O–H groups in total. The summed E-state index contributed by atoms with van der Waals surface area (Å²) in [6, 6.07) is 23.3. The van der Waals surface area contributed by atoms with Crippen LogP contribution in [-0.2, 0) is 9.59 Å². The molecule has 4 heteroatoms. The SMILES string of the molecule is O=C1CC(Sc2ccccc2)C(=O)N1c1ccc2ccccc2c1. The molecule has 4 rings (SSSR count). The summed E-state index contributed by atoms with van der Waals surface area (Å²) >= 11 is 1.45. The van der Waals surface area contributed by atoms with Crippen molar-refractivity contribution in [2.45, 2.75) is 16.6 Å². The maximum atomic E-state index is 12.7. The minimum Gasteiger partial charge on any atom is -0.274 e. The second-order valence-electron chi connectivity index (χ2n) is 5.72. The van der Waals surface area contributed by atoms with E-state index in [0.29, 0.717) is 5.69 Å². The number of amides is 2. The fourth-order valence-corrected chi connectivity index (χ4v) is 4.02. The minimum atomic E-state index is -0.355. The van der Waals surface area contributed by atoms with E-state index in [2.05, 4.69) is 0 Å². The van der Waals surface area contributed by atoms with Crippen LogP contribution in [0.25, 0.3) is 10.8 Å². The van der Waals surface area contributed by atoms with Crippen LogP contribution < -0.4 is 4.90 Å². The van der Waals surface area contributed by atoms with Gasteiger partial charge >= 0.3 is 0 Å². The Morgan fingerprint density at radius 1 is 0.833 bits per heavy atom. The standard InChI is InChI=1S/C20H15NO2S/c22-19-13-18(24-17-8-2-1-3-9-17)20(23)21(19)16-11-10-14-6-4-5-7-15(14)12-16/h1-12,18H,13H2. The molecule has 1 atom stereocenters. The van der Waals surface area contributed by atoms with Crippen LogP contribution in [0.2, 0.25) is 0 Å². The lowest BCUT2D eigenvalue weighted by atomic mass is 10.1. The second kappa shape index (κ2) is 6.13. The number of rotatable bonds is 3. The lowest BCUT2D eigenvalue weighted by Crippen LogP contribution is -2.31. The van der Waals surface area contributed by atoms with Gasteiger partial charge < -0.3 is 0 Å². The van der Waals surface area contributed by atoms with Crippen molar-refractivity contribution >= 4 is 40.0 Å². The van der Waals surface area contributed by atoms with Gasteiger partial charge in [-0.15, -0.1) is 11.8 Å². The predicted molar refractivity (Wildman–Crippen MR) is 97.1 cm³/mol. The molecule has 118 valence electrons. The smallest absolute Gasteiger partial charge is 0.247 e. The molecule has 3 aromatic carbocycles. The van der Waals surface area contributed by atoms with Crippen LogP contribution in [0.5, 0.6) is 0 Å². The molecule has 0 spiro atoms. The number of hydrogen-bond donors (Lipinski definition) is 0. The number of anilines is 1. The van der Waals surface area contributed by atoms with Crippen LogP contribution in [0.3, 0.4) is 0 Å². The molecule has 0 bridgehead atoms. The molecule has 2 amide bonds. The zero-order chi connectivity index (χ0) is 16.5. The normalized spacial score (nSPS) is 17.7. The number of benzene rings is 3. The van der Waals surface area contributed by atoms with Gasteiger partial charge in [-0.3, -0.25) is 9.59 Å². The van der Waals surface area contributed by atoms with Crippen LogP contribution in [0, 0.1) is 0 Å². The molecule has 1 aliphatic rings. The fourth-order valence-electron chi connectivity index (χ4n) is 2.95. The van der Waals surface area contributed by atoms with E-state index in [1.807, 2.05) is 72.8 Å². The third-order valence-corrected chi connectivity index (χ3v) is 5.32. The Labute approximate surface area is 144 Å². The Morgan fingerprint density at radius 3 is 2.33 bits per heavy atom. The van der Waals surface area contributed by atoms with E-state index in [9.17, 15) is 9.59 Å². The predicted octanol–water partition coefficient (Wildman–Crippen LogP) is 4.26. The van der Waals surface area contributed by atoms with Gasteiger partial charge in [0.15, 0.2) is 0 Å². The maximum absolute atomic E-state index is 12.7. The molecule has 1 heterocycles. The van der Waals surface area contributed by atoms with Gasteiger partial charge in [-0.1, -0.05) is 48.5 Å². The minimum absolute atomic E-state index is 0.135. The average Bonchev–Trinajstić information content (AvgIpc) is 2.89. The van der Waals surface area contributed by atoms with Gasteiger partial charge in [0.25, 0.3) is 0 Å². The summed E-state index contributed by atoms with van der Waals surface area (Å²) in [5, 5.41) is 1.76. The molecular formula is C20H15NO2S. The number of carbonyl (C=O) groups is 2. The number of thioether (sulfide) groups is 1. The Morgan fingerprint density at radius 2 is 1.54 bits per heavy atom. The van der Waals surface area contributed by atoms with Gasteiger partial charge in [0.05, 0.1) is 10.9 Å². The van der Waals surface area contributed by atoms with E-state index in [1.165, 1.54) is 16.7 Å². The van der Waals surface area contributed by atoms with Crippen LogP contribution in [0.1, 0.15) is 6.42 Å². The third kappa shape index (κ3) is 2.69. The highest BCUT2D eigenvalue weighted by molar-refractivity contribution is 8.00. The van der Waals surface area contributed by atoms with Gasteiger partial charge in [-0.2, -0.15) is 0 Å². The zero-order valence-corrected chi connectivity index (χ0v) is 13.7. The van der Waals surface area contributed by atoms with Crippen molar-refractivity contribution in [1.82, 2.24) is 0 Å². The first-order chi connectivity index (χ1) is 11.7. The number of hydrogen-bond acceptors (Lipinski definition) is 3. The summed E-state index contributed by atoms with van der Waals surface area (Å²) in [6.45, 7) is 0. The molecule has 0 aromatic heterocycles. The number of carbonyl (C=O) groups excluding carboxylic acids is 2. The van der Waals surface area contributed by atoms with Crippen molar-refractivity contribution in [2.75, 3.05) is 4.90 Å². The van der Waals surface area contributed by atoms with Gasteiger partial charge in [0.1, 0.15) is 0 Å². The molecule has 3 nitrogen and oxygen atoms in total. The molecule has 1 unspecified atom stereocenters. The van der Waals surface area contributed by atoms with Gasteiger partial charge in [-0.25, -0.2) is 4.90 Å². The van der Waals surface area contributed by atoms with E-state index in [4.69, 9.17) is 0 Å². The highest BCUT2D eigenvalue weighted by Crippen LogP contribution is 2.34. The summed E-state index contributed by atoms with van der Waals surface area (Å²) in [7, 11) is 0. The average molecular weight is 333 g/mol. The highest BCUT2D eigenvalue weighted by atomic mass is 32.2. The molecule has 3 aromatic rings. The largest absolute Gasteiger partial charge is 0.274 e. The van der Waals surface area contributed by atoms with Crippen LogP contribution in [-0.4, -0.2) is 17.1 Å². The zero-order valence-electron chi connectivity index (χ0n) is 12.9. The van der Waals surface area contributed by atoms with E-state index in [0.717, 1.165) is 15.7 Å². The van der Waals surface area contributed by atoms with E-state index >= 15 is 0 Å². The summed E-state index contributed by atoms with van der Waals surface area (Å²) in [5.41, 5.74) is 0.653. The molecule has 0 radical (unpaired) electrons. The number of nitrogens with zero attached hydrogens (tertiary/aromatic N) is 1. The Balaban J connectivity index is 1.63. The van der Waals surface area contributed by atoms with E-state index < -0.39 is 0 Å². The topological polar surface area (TPSA) is 37.4 Å². The van der Waals surface area contributed by atoms with Crippen molar-refractivity contribution in [1.29, 1.82) is 0 Å². The molecular weight excluding hydrogens is 318 g/mol. The lowest BCUT2D eigenvalue weighted by molar-refractivity contribution is -0.121. The van der Waals surface area contributed by atoms with Crippen molar-refractivity contribution in [3.8, 4) is 0 Å². The van der Waals surface area contributed by atoms with Crippen LogP contribution in [0.15, 0.2) is 77.7 Å². The molecule has 1 fully saturated rings. The Kier molecular flexibility index (Phi) is 3.82. The maximum Gasteiger partial charge on any atom is 0.247 e. The highest BCUT2D eigenvalue weighted by Gasteiger charge is 2.40. The molecule has 1 saturated heterocycles. The summed E-state index contributed by atoms with van der Waals surface area (Å²) in [5.74, 6) is -0.271. The molecule has 0 aliphatic carbocycles. The lowest BCUT2D eigenvalue weighted by Gasteiger charge is -2.15. The molecule has 24 heavy (non-hydrogen) atoms. The first-order valence-electron chi connectivity index (χ1n) is 7.80. The van der Waals surface area contributed by atoms with Gasteiger partial charge in [0, 0.05) is 11.3 Å². The van der Waals surface area contributed by atoms with Crippen molar-refractivity contribution in [3.63, 3.8) is 0 Å². The van der Waals surface area contributed by atoms with Gasteiger partial charge in [-0.05, 0) is 35.0 Å². The molecule has 0 saturated carbocycles. The van der Waals surface area contributed by atoms with Crippen molar-refractivity contribution in [2.24, 2.45) is 0 Å². The molecule has 1 aliphatic heterocycles. The number of fused-ring (bicyclic) bond motifs is 1. The van der Waals surface area contributed by atoms with Crippen molar-refractivity contribution < 1.29 is 9.59 Å². The van der Waals surface area contributed by atoms with Gasteiger partial charge in [0.2, 0.25) is 11.8 Å². The van der Waals surface area contributed by atoms with Crippen LogP contribution in [0.4, 0.5) is 5.69 Å². The first-order valence-corrected chi connectivity index (χ1v) is 8.68. The number of imide groups is 1. The van der Waals surface area contributed by atoms with Crippen molar-refractivity contribution in [3.05, 3.63) is 72.8 Å². The van der Waals surface area contributed by atoms with E-state index in [-0.39, 0.29) is 23.5 Å². The summed E-state index contributed by atoms with van der Waals surface area (Å²) in [6.07, 6.45) is 0.241. The van der Waals surface area contributed by atoms with Crippen LogP contribution >= 0.6 is 11.8 Å². The first kappa shape index (κ1) is 15.0. The third-order valence-electron chi connectivity index (χ3n) is 4.12.